The number of nitrogens with one attached hydrogen (secondary N) is 1. The highest BCUT2D eigenvalue weighted by Gasteiger charge is 2.36. The molecule has 0 heterocycles. The molecule has 1 fully saturated rings. The lowest BCUT2D eigenvalue weighted by Crippen LogP contribution is -2.42. The molecule has 0 saturated heterocycles. The highest BCUT2D eigenvalue weighted by atomic mass is 16.4. The van der Waals surface area contributed by atoms with Crippen LogP contribution in [-0.4, -0.2) is 23.5 Å². The number of rotatable bonds is 5. The van der Waals surface area contributed by atoms with Crippen LogP contribution in [0.5, 0.6) is 0 Å². The van der Waals surface area contributed by atoms with Crippen molar-refractivity contribution in [1.29, 1.82) is 0 Å². The van der Waals surface area contributed by atoms with Crippen molar-refractivity contribution in [2.45, 2.75) is 38.6 Å². The SMILES string of the molecule is CC1(CC(NC=O)C(=O)O)CCC1. The molecule has 0 aromatic rings. The maximum Gasteiger partial charge on any atom is 0.326 e. The molecule has 74 valence electrons. The largest absolute Gasteiger partial charge is 0.480 e. The van der Waals surface area contributed by atoms with Gasteiger partial charge in [-0.3, -0.25) is 4.79 Å². The van der Waals surface area contributed by atoms with Crippen LogP contribution in [0.3, 0.4) is 0 Å². The van der Waals surface area contributed by atoms with Crippen molar-refractivity contribution in [3.8, 4) is 0 Å². The normalized spacial score (nSPS) is 21.3. The summed E-state index contributed by atoms with van der Waals surface area (Å²) in [7, 11) is 0. The fourth-order valence-corrected chi connectivity index (χ4v) is 1.78. The lowest BCUT2D eigenvalue weighted by molar-refractivity contribution is -0.142. The summed E-state index contributed by atoms with van der Waals surface area (Å²) in [5.41, 5.74) is 0.124. The van der Waals surface area contributed by atoms with Gasteiger partial charge < -0.3 is 10.4 Å². The van der Waals surface area contributed by atoms with E-state index >= 15 is 0 Å². The van der Waals surface area contributed by atoms with Gasteiger partial charge in [-0.1, -0.05) is 13.3 Å². The Morgan fingerprint density at radius 1 is 1.69 bits per heavy atom. The molecular formula is C9H15NO3. The summed E-state index contributed by atoms with van der Waals surface area (Å²) in [5, 5.41) is 11.1. The molecule has 0 bridgehead atoms. The van der Waals surface area contributed by atoms with E-state index in [1.165, 1.54) is 6.42 Å². The van der Waals surface area contributed by atoms with E-state index in [-0.39, 0.29) is 5.41 Å². The summed E-state index contributed by atoms with van der Waals surface area (Å²) >= 11 is 0. The number of amides is 1. The van der Waals surface area contributed by atoms with Crippen LogP contribution >= 0.6 is 0 Å². The first-order valence-corrected chi connectivity index (χ1v) is 4.50. The Morgan fingerprint density at radius 2 is 2.31 bits per heavy atom. The summed E-state index contributed by atoms with van der Waals surface area (Å²) in [6.07, 6.45) is 4.31. The van der Waals surface area contributed by atoms with E-state index in [0.29, 0.717) is 12.8 Å². The van der Waals surface area contributed by atoms with Crippen molar-refractivity contribution < 1.29 is 14.7 Å². The lowest BCUT2D eigenvalue weighted by Gasteiger charge is -2.39. The Bertz CT molecular complexity index is 211. The second-order valence-electron chi connectivity index (χ2n) is 4.04. The molecule has 0 aromatic heterocycles. The van der Waals surface area contributed by atoms with Crippen LogP contribution in [0.4, 0.5) is 0 Å². The molecule has 0 aromatic carbocycles. The molecule has 4 nitrogen and oxygen atoms in total. The molecule has 0 spiro atoms. The number of carboxylic acids is 1. The van der Waals surface area contributed by atoms with E-state index in [2.05, 4.69) is 12.2 Å². The Morgan fingerprint density at radius 3 is 2.62 bits per heavy atom. The van der Waals surface area contributed by atoms with Crippen molar-refractivity contribution in [2.75, 3.05) is 0 Å². The zero-order valence-electron chi connectivity index (χ0n) is 7.75. The van der Waals surface area contributed by atoms with Gasteiger partial charge in [-0.15, -0.1) is 0 Å². The maximum atomic E-state index is 10.7. The van der Waals surface area contributed by atoms with Crippen LogP contribution in [0, 0.1) is 5.41 Å². The van der Waals surface area contributed by atoms with Crippen LogP contribution in [-0.2, 0) is 9.59 Å². The second kappa shape index (κ2) is 3.77. The summed E-state index contributed by atoms with van der Waals surface area (Å²) in [4.78, 5) is 20.8. The van der Waals surface area contributed by atoms with E-state index in [1.807, 2.05) is 0 Å². The topological polar surface area (TPSA) is 66.4 Å². The second-order valence-corrected chi connectivity index (χ2v) is 4.04. The van der Waals surface area contributed by atoms with Gasteiger partial charge in [0.25, 0.3) is 0 Å². The number of hydrogen-bond donors (Lipinski definition) is 2. The molecule has 4 heteroatoms. The number of aliphatic carboxylic acids is 1. The third kappa shape index (κ3) is 2.44. The third-order valence-electron chi connectivity index (χ3n) is 2.82. The van der Waals surface area contributed by atoms with Crippen molar-refractivity contribution in [3.05, 3.63) is 0 Å². The van der Waals surface area contributed by atoms with Crippen LogP contribution in [0.2, 0.25) is 0 Å². The van der Waals surface area contributed by atoms with Crippen LogP contribution in [0.15, 0.2) is 0 Å². The fraction of sp³-hybridized carbons (Fsp3) is 0.778. The number of carboxylic acid groups (broad SMARTS) is 1. The van der Waals surface area contributed by atoms with Gasteiger partial charge in [0.15, 0.2) is 0 Å². The van der Waals surface area contributed by atoms with Gasteiger partial charge in [0.1, 0.15) is 6.04 Å². The maximum absolute atomic E-state index is 10.7. The van der Waals surface area contributed by atoms with Gasteiger partial charge in [0.05, 0.1) is 0 Å². The van der Waals surface area contributed by atoms with Gasteiger partial charge >= 0.3 is 5.97 Å². The highest BCUT2D eigenvalue weighted by molar-refractivity contribution is 5.76. The lowest BCUT2D eigenvalue weighted by atomic mass is 9.67. The Balaban J connectivity index is 2.46. The molecule has 1 unspecified atom stereocenters. The molecule has 1 amide bonds. The number of carbonyl (C=O) groups excluding carboxylic acids is 1. The van der Waals surface area contributed by atoms with Gasteiger partial charge in [0, 0.05) is 0 Å². The number of carbonyl (C=O) groups is 2. The predicted molar refractivity (Wildman–Crippen MR) is 47.2 cm³/mol. The van der Waals surface area contributed by atoms with E-state index in [1.54, 1.807) is 0 Å². The van der Waals surface area contributed by atoms with E-state index < -0.39 is 12.0 Å². The van der Waals surface area contributed by atoms with E-state index in [0.717, 1.165) is 12.8 Å². The van der Waals surface area contributed by atoms with Crippen molar-refractivity contribution in [2.24, 2.45) is 5.41 Å². The van der Waals surface area contributed by atoms with Gasteiger partial charge in [-0.2, -0.15) is 0 Å². The average Bonchev–Trinajstić information content (AvgIpc) is 2.00. The zero-order valence-corrected chi connectivity index (χ0v) is 7.75. The van der Waals surface area contributed by atoms with Gasteiger partial charge in [0.2, 0.25) is 6.41 Å². The minimum absolute atomic E-state index is 0.124. The zero-order chi connectivity index (χ0) is 9.90. The standard InChI is InChI=1S/C9H15NO3/c1-9(3-2-4-9)5-7(8(12)13)10-6-11/h6-7H,2-5H2,1H3,(H,10,11)(H,12,13). The Kier molecular flexibility index (Phi) is 2.90. The fourth-order valence-electron chi connectivity index (χ4n) is 1.78. The smallest absolute Gasteiger partial charge is 0.326 e. The van der Waals surface area contributed by atoms with Crippen LogP contribution < -0.4 is 5.32 Å². The highest BCUT2D eigenvalue weighted by Crippen LogP contribution is 2.43. The van der Waals surface area contributed by atoms with Crippen molar-refractivity contribution >= 4 is 12.4 Å². The number of hydrogen-bond acceptors (Lipinski definition) is 2. The molecule has 0 aliphatic heterocycles. The van der Waals surface area contributed by atoms with Gasteiger partial charge in [-0.25, -0.2) is 4.79 Å². The minimum atomic E-state index is -0.944. The summed E-state index contributed by atoms with van der Waals surface area (Å²) in [5.74, 6) is -0.944. The Hall–Kier alpha value is -1.06. The van der Waals surface area contributed by atoms with Crippen LogP contribution in [0.1, 0.15) is 32.6 Å². The van der Waals surface area contributed by atoms with Crippen molar-refractivity contribution in [1.82, 2.24) is 5.32 Å². The summed E-state index contributed by atoms with van der Waals surface area (Å²) < 4.78 is 0. The monoisotopic (exact) mass is 185 g/mol. The first kappa shape index (κ1) is 10.0. The van der Waals surface area contributed by atoms with E-state index in [4.69, 9.17) is 5.11 Å². The molecular weight excluding hydrogens is 170 g/mol. The molecule has 0 radical (unpaired) electrons. The summed E-state index contributed by atoms with van der Waals surface area (Å²) in [6, 6.07) is -0.720. The Labute approximate surface area is 77.3 Å². The first-order chi connectivity index (χ1) is 6.07. The molecule has 1 aliphatic rings. The first-order valence-electron chi connectivity index (χ1n) is 4.50. The quantitative estimate of drug-likeness (QED) is 0.621. The van der Waals surface area contributed by atoms with Gasteiger partial charge in [-0.05, 0) is 24.7 Å². The minimum Gasteiger partial charge on any atom is -0.480 e. The van der Waals surface area contributed by atoms with Crippen molar-refractivity contribution in [3.63, 3.8) is 0 Å². The predicted octanol–water partition coefficient (Wildman–Crippen LogP) is 0.766. The molecule has 1 atom stereocenters. The van der Waals surface area contributed by atoms with Crippen LogP contribution in [0.25, 0.3) is 0 Å². The summed E-state index contributed by atoms with van der Waals surface area (Å²) in [6.45, 7) is 2.07. The molecule has 1 saturated carbocycles. The molecule has 1 aliphatic carbocycles. The molecule has 13 heavy (non-hydrogen) atoms. The molecule has 2 N–H and O–H groups in total. The molecule has 1 rings (SSSR count). The average molecular weight is 185 g/mol. The third-order valence-corrected chi connectivity index (χ3v) is 2.82. The van der Waals surface area contributed by atoms with E-state index in [9.17, 15) is 9.59 Å².